The average molecular weight is 984 g/mol. The predicted octanol–water partition coefficient (Wildman–Crippen LogP) is 11.7. The molecule has 2 bridgehead atoms. The van der Waals surface area contributed by atoms with Crippen LogP contribution in [0.4, 0.5) is 19.4 Å². The van der Waals surface area contributed by atoms with Crippen LogP contribution >= 0.6 is 0 Å². The van der Waals surface area contributed by atoms with Crippen molar-refractivity contribution in [1.82, 2.24) is 19.8 Å². The van der Waals surface area contributed by atoms with Crippen LogP contribution in [0, 0.1) is 28.5 Å². The van der Waals surface area contributed by atoms with Crippen LogP contribution in [0.2, 0.25) is 16.6 Å². The lowest BCUT2D eigenvalue weighted by molar-refractivity contribution is -0.140. The Kier molecular flexibility index (Phi) is 15.8. The molecule has 4 aromatic rings. The number of piperazine rings is 1. The van der Waals surface area contributed by atoms with Crippen LogP contribution in [0.15, 0.2) is 36.4 Å². The lowest BCUT2D eigenvalue weighted by Crippen LogP contribution is -2.63. The first-order valence-electron chi connectivity index (χ1n) is 25.1. The SMILES string of the molecule is COCOc1cc(-c2c(F)cc3c(N4C[C@H]5CC[C@@](C)(C4)N5C(=O)OC(C)(C)C)nc(OCC4(CN(C)CCCCC(=O)OC)CC4)nc3c2F)c2c(C#C[Si](C(C)C)(C(C)C)C(C)C)cccc2c1. The lowest BCUT2D eigenvalue weighted by Gasteiger charge is -2.47. The quantitative estimate of drug-likeness (QED) is 0.0312. The maximum Gasteiger partial charge on any atom is 0.411 e. The van der Waals surface area contributed by atoms with Gasteiger partial charge in [0.05, 0.1) is 30.9 Å². The minimum absolute atomic E-state index is 0.0102. The van der Waals surface area contributed by atoms with Crippen LogP contribution in [0.1, 0.15) is 120 Å². The molecule has 2 aliphatic heterocycles. The van der Waals surface area contributed by atoms with Crippen LogP contribution in [0.3, 0.4) is 0 Å². The topological polar surface area (TPSA) is 116 Å². The number of fused-ring (bicyclic) bond motifs is 4. The van der Waals surface area contributed by atoms with E-state index in [0.717, 1.165) is 51.6 Å². The number of hydrogen-bond acceptors (Lipinski definition) is 11. The zero-order chi connectivity index (χ0) is 50.9. The first-order chi connectivity index (χ1) is 33.0. The molecule has 3 heterocycles. The zero-order valence-electron chi connectivity index (χ0n) is 43.8. The number of carbonyl (C=O) groups is 2. The minimum atomic E-state index is -2.21. The Morgan fingerprint density at radius 2 is 1.69 bits per heavy atom. The summed E-state index contributed by atoms with van der Waals surface area (Å²) in [6, 6.07) is 10.4. The largest absolute Gasteiger partial charge is 0.469 e. The summed E-state index contributed by atoms with van der Waals surface area (Å²) < 4.78 is 64.1. The number of rotatable bonds is 18. The Labute approximate surface area is 415 Å². The van der Waals surface area contributed by atoms with E-state index in [-0.39, 0.29) is 58.4 Å². The monoisotopic (exact) mass is 984 g/mol. The van der Waals surface area contributed by atoms with Gasteiger partial charge in [-0.2, -0.15) is 9.97 Å². The number of hydrogen-bond donors (Lipinski definition) is 0. The standard InChI is InChI=1S/C55H75F2N5O7Si/c1-35(2)70(36(3)4,37(5)6)26-21-38-17-16-18-39-27-41(68-34-65-12)28-42(46(38)39)47-44(56)29-43-49(48(47)57)58-51(67-33-55(23-24-55)32-60(11)25-15-14-19-45(63)66-13)59-50(43)61-30-40-20-22-54(10,31-61)62(40)52(64)69-53(7,8)9/h16-18,27-29,35-37,40H,14-15,19-20,22-25,30-34H2,1-13H3/t40-,54+/m1/s1. The van der Waals surface area contributed by atoms with Gasteiger partial charge in [0.25, 0.3) is 0 Å². The number of esters is 1. The highest BCUT2D eigenvalue weighted by Gasteiger charge is 2.53. The molecule has 1 aliphatic carbocycles. The number of unbranched alkanes of at least 4 members (excludes halogenated alkanes) is 1. The molecule has 0 N–H and O–H groups in total. The van der Waals surface area contributed by atoms with E-state index in [9.17, 15) is 9.59 Å². The second kappa shape index (κ2) is 21.0. The molecule has 0 unspecified atom stereocenters. The van der Waals surface area contributed by atoms with Gasteiger partial charge in [-0.3, -0.25) is 9.69 Å². The summed E-state index contributed by atoms with van der Waals surface area (Å²) in [6.45, 7) is 23.7. The first-order valence-corrected chi connectivity index (χ1v) is 27.4. The second-order valence-corrected chi connectivity index (χ2v) is 27.9. The Balaban J connectivity index is 1.35. The van der Waals surface area contributed by atoms with Gasteiger partial charge in [-0.15, -0.1) is 5.54 Å². The summed E-state index contributed by atoms with van der Waals surface area (Å²) in [7, 11) is 2.77. The normalized spacial score (nSPS) is 18.8. The van der Waals surface area contributed by atoms with Gasteiger partial charge in [0.1, 0.15) is 36.6 Å². The molecule has 15 heteroatoms. The number of amides is 1. The van der Waals surface area contributed by atoms with E-state index >= 15 is 8.78 Å². The van der Waals surface area contributed by atoms with Crippen LogP contribution in [-0.2, 0) is 19.0 Å². The van der Waals surface area contributed by atoms with Crippen molar-refractivity contribution in [2.75, 3.05) is 65.7 Å². The third-order valence-corrected chi connectivity index (χ3v) is 21.3. The van der Waals surface area contributed by atoms with Crippen molar-refractivity contribution in [3.05, 3.63) is 53.6 Å². The molecule has 12 nitrogen and oxygen atoms in total. The molecular formula is C55H75F2N5O7Si. The maximum atomic E-state index is 18.1. The van der Waals surface area contributed by atoms with E-state index in [2.05, 4.69) is 65.0 Å². The fraction of sp³-hybridized carbons (Fsp3) is 0.600. The second-order valence-electron chi connectivity index (χ2n) is 22.3. The molecule has 2 atom stereocenters. The van der Waals surface area contributed by atoms with Gasteiger partial charge >= 0.3 is 18.1 Å². The van der Waals surface area contributed by atoms with Crippen molar-refractivity contribution in [3.8, 4) is 34.4 Å². The number of halogens is 2. The van der Waals surface area contributed by atoms with Crippen molar-refractivity contribution < 1.29 is 42.1 Å². The Morgan fingerprint density at radius 1 is 0.971 bits per heavy atom. The molecule has 1 aromatic heterocycles. The molecule has 7 rings (SSSR count). The number of nitrogens with zero attached hydrogens (tertiary/aromatic N) is 5. The predicted molar refractivity (Wildman–Crippen MR) is 275 cm³/mol. The molecule has 2 saturated heterocycles. The van der Waals surface area contributed by atoms with Crippen LogP contribution < -0.4 is 14.4 Å². The van der Waals surface area contributed by atoms with Gasteiger partial charge in [-0.1, -0.05) is 59.6 Å². The zero-order valence-corrected chi connectivity index (χ0v) is 44.8. The molecular weight excluding hydrogens is 909 g/mol. The van der Waals surface area contributed by atoms with Crippen LogP contribution in [0.5, 0.6) is 11.8 Å². The number of aromatic nitrogens is 2. The summed E-state index contributed by atoms with van der Waals surface area (Å²) >= 11 is 0. The smallest absolute Gasteiger partial charge is 0.411 e. The van der Waals surface area contributed by atoms with Crippen molar-refractivity contribution >= 4 is 47.6 Å². The van der Waals surface area contributed by atoms with Gasteiger partial charge in [-0.05, 0) is 126 Å². The highest BCUT2D eigenvalue weighted by Crippen LogP contribution is 2.48. The number of methoxy groups -OCH3 is 2. The fourth-order valence-electron chi connectivity index (χ4n) is 11.4. The number of anilines is 1. The van der Waals surface area contributed by atoms with Crippen molar-refractivity contribution in [3.63, 3.8) is 0 Å². The van der Waals surface area contributed by atoms with Gasteiger partial charge in [0, 0.05) is 60.5 Å². The summed E-state index contributed by atoms with van der Waals surface area (Å²) in [5, 5.41) is 1.52. The van der Waals surface area contributed by atoms with E-state index in [1.807, 2.05) is 61.8 Å². The molecule has 3 aromatic carbocycles. The molecule has 380 valence electrons. The Bertz CT molecular complexity index is 2620. The average Bonchev–Trinajstić information content (AvgIpc) is 4.01. The molecule has 0 radical (unpaired) electrons. The molecule has 1 amide bonds. The highest BCUT2D eigenvalue weighted by molar-refractivity contribution is 6.90. The van der Waals surface area contributed by atoms with Gasteiger partial charge in [0.2, 0.25) is 0 Å². The third kappa shape index (κ3) is 11.0. The molecule has 3 fully saturated rings. The minimum Gasteiger partial charge on any atom is -0.469 e. The van der Waals surface area contributed by atoms with Crippen molar-refractivity contribution in [2.45, 2.75) is 148 Å². The van der Waals surface area contributed by atoms with E-state index in [0.29, 0.717) is 70.6 Å². The summed E-state index contributed by atoms with van der Waals surface area (Å²) in [5.41, 5.74) is 4.09. The molecule has 3 aliphatic rings. The summed E-state index contributed by atoms with van der Waals surface area (Å²) in [4.78, 5) is 41.3. The summed E-state index contributed by atoms with van der Waals surface area (Å²) in [5.74, 6) is 2.44. The van der Waals surface area contributed by atoms with Crippen LogP contribution in [-0.4, -0.2) is 118 Å². The van der Waals surface area contributed by atoms with Gasteiger partial charge in [0.15, 0.2) is 12.6 Å². The number of benzene rings is 3. The fourth-order valence-corrected chi connectivity index (χ4v) is 16.7. The molecule has 0 spiro atoms. The third-order valence-electron chi connectivity index (χ3n) is 15.0. The van der Waals surface area contributed by atoms with Crippen molar-refractivity contribution in [2.24, 2.45) is 5.41 Å². The van der Waals surface area contributed by atoms with E-state index in [4.69, 9.17) is 33.7 Å². The number of ether oxygens (including phenoxy) is 5. The van der Waals surface area contributed by atoms with E-state index in [1.165, 1.54) is 20.3 Å². The van der Waals surface area contributed by atoms with Gasteiger partial charge < -0.3 is 33.5 Å². The lowest BCUT2D eigenvalue weighted by atomic mass is 9.92. The Hall–Kier alpha value is -5.04. The van der Waals surface area contributed by atoms with E-state index in [1.54, 1.807) is 6.07 Å². The summed E-state index contributed by atoms with van der Waals surface area (Å²) in [6.07, 6.45) is 4.92. The number of carbonyl (C=O) groups excluding carboxylic acids is 2. The van der Waals surface area contributed by atoms with E-state index < -0.39 is 30.8 Å². The van der Waals surface area contributed by atoms with Gasteiger partial charge in [-0.25, -0.2) is 13.6 Å². The highest BCUT2D eigenvalue weighted by atomic mass is 28.3. The Morgan fingerprint density at radius 3 is 2.31 bits per heavy atom. The van der Waals surface area contributed by atoms with Crippen molar-refractivity contribution in [1.29, 1.82) is 0 Å². The molecule has 70 heavy (non-hydrogen) atoms. The molecule has 1 saturated carbocycles. The van der Waals surface area contributed by atoms with Crippen LogP contribution in [0.25, 0.3) is 32.8 Å². The first kappa shape index (κ1) is 52.8. The maximum absolute atomic E-state index is 18.1.